The van der Waals surface area contributed by atoms with Gasteiger partial charge in [0.25, 0.3) is 0 Å². The summed E-state index contributed by atoms with van der Waals surface area (Å²) in [5.41, 5.74) is 0. The van der Waals surface area contributed by atoms with Crippen molar-refractivity contribution in [3.63, 3.8) is 0 Å². The highest BCUT2D eigenvalue weighted by Gasteiger charge is 2.37. The van der Waals surface area contributed by atoms with Crippen LogP contribution in [0.1, 0.15) is 19.3 Å². The molecule has 3 unspecified atom stereocenters. The molecule has 0 amide bonds. The Morgan fingerprint density at radius 2 is 1.76 bits per heavy atom. The van der Waals surface area contributed by atoms with Crippen LogP contribution in [0.2, 0.25) is 0 Å². The Labute approximate surface area is 143 Å². The normalized spacial score (nSPS) is 27.6. The summed E-state index contributed by atoms with van der Waals surface area (Å²) in [6, 6.07) is 4.23. The van der Waals surface area contributed by atoms with Gasteiger partial charge in [0, 0.05) is 6.04 Å². The maximum absolute atomic E-state index is 12.5. The molecule has 140 valence electrons. The number of fused-ring (bicyclic) bond motifs is 1. The van der Waals surface area contributed by atoms with Gasteiger partial charge in [0.05, 0.1) is 25.4 Å². The maximum Gasteiger partial charge on any atom is 0.573 e. The highest BCUT2D eigenvalue weighted by molar-refractivity contribution is 7.89. The largest absolute Gasteiger partial charge is 0.573 e. The van der Waals surface area contributed by atoms with Crippen LogP contribution in [0.5, 0.6) is 5.75 Å². The number of benzene rings is 1. The SMILES string of the molecule is O=S(=O)(NC1CCC2OCCOC2C1)c1ccccc1OC(F)(F)F. The number of sulfonamides is 1. The number of nitrogens with one attached hydrogen (secondary N) is 1. The minimum absolute atomic E-state index is 0.0599. The van der Waals surface area contributed by atoms with Crippen LogP contribution in [-0.2, 0) is 19.5 Å². The second-order valence-corrected chi connectivity index (χ2v) is 7.63. The summed E-state index contributed by atoms with van der Waals surface area (Å²) in [4.78, 5) is -0.546. The summed E-state index contributed by atoms with van der Waals surface area (Å²) in [5.74, 6) is -0.756. The molecule has 1 saturated heterocycles. The standard InChI is InChI=1S/C15H18F3NO5S/c16-15(17,18)24-12-3-1-2-4-14(12)25(20,21)19-10-5-6-11-13(9-10)23-8-7-22-11/h1-4,10-11,13,19H,5-9H2. The van der Waals surface area contributed by atoms with Crippen molar-refractivity contribution < 1.29 is 35.8 Å². The second-order valence-electron chi connectivity index (χ2n) is 5.94. The van der Waals surface area contributed by atoms with Crippen molar-refractivity contribution in [3.8, 4) is 5.75 Å². The minimum Gasteiger partial charge on any atom is -0.404 e. The van der Waals surface area contributed by atoms with E-state index in [4.69, 9.17) is 9.47 Å². The van der Waals surface area contributed by atoms with Crippen LogP contribution in [0.25, 0.3) is 0 Å². The van der Waals surface area contributed by atoms with Crippen LogP contribution in [0, 0.1) is 0 Å². The van der Waals surface area contributed by atoms with E-state index in [1.165, 1.54) is 12.1 Å². The van der Waals surface area contributed by atoms with Crippen LogP contribution >= 0.6 is 0 Å². The summed E-state index contributed by atoms with van der Waals surface area (Å²) >= 11 is 0. The summed E-state index contributed by atoms with van der Waals surface area (Å²) in [6.07, 6.45) is -3.69. The lowest BCUT2D eigenvalue weighted by Gasteiger charge is -2.38. The smallest absolute Gasteiger partial charge is 0.404 e. The first kappa shape index (κ1) is 18.4. The Bertz CT molecular complexity index is 709. The number of hydrogen-bond donors (Lipinski definition) is 1. The Morgan fingerprint density at radius 1 is 1.08 bits per heavy atom. The van der Waals surface area contributed by atoms with E-state index < -0.39 is 33.1 Å². The van der Waals surface area contributed by atoms with E-state index in [-0.39, 0.29) is 12.2 Å². The highest BCUT2D eigenvalue weighted by atomic mass is 32.2. The molecule has 1 heterocycles. The van der Waals surface area contributed by atoms with E-state index >= 15 is 0 Å². The number of alkyl halides is 3. The van der Waals surface area contributed by atoms with E-state index in [2.05, 4.69) is 9.46 Å². The van der Waals surface area contributed by atoms with Gasteiger partial charge in [-0.15, -0.1) is 13.2 Å². The summed E-state index contributed by atoms with van der Waals surface area (Å²) in [7, 11) is -4.17. The van der Waals surface area contributed by atoms with Gasteiger partial charge in [0.2, 0.25) is 10.0 Å². The summed E-state index contributed by atoms with van der Waals surface area (Å²) in [5, 5.41) is 0. The molecular weight excluding hydrogens is 363 g/mol. The van der Waals surface area contributed by atoms with Gasteiger partial charge in [-0.3, -0.25) is 0 Å². The van der Waals surface area contributed by atoms with E-state index in [0.717, 1.165) is 12.1 Å². The van der Waals surface area contributed by atoms with Gasteiger partial charge in [-0.25, -0.2) is 13.1 Å². The van der Waals surface area contributed by atoms with Gasteiger partial charge in [-0.1, -0.05) is 12.1 Å². The van der Waals surface area contributed by atoms with E-state index in [9.17, 15) is 21.6 Å². The molecule has 2 aliphatic rings. The van der Waals surface area contributed by atoms with Gasteiger partial charge in [-0.2, -0.15) is 0 Å². The Kier molecular flexibility index (Phi) is 5.24. The van der Waals surface area contributed by atoms with Crippen LogP contribution in [-0.4, -0.2) is 46.2 Å². The first-order valence-corrected chi connectivity index (χ1v) is 9.33. The van der Waals surface area contributed by atoms with E-state index in [0.29, 0.717) is 32.5 Å². The molecule has 6 nitrogen and oxygen atoms in total. The molecule has 1 aromatic rings. The number of para-hydroxylation sites is 1. The molecule has 0 aromatic heterocycles. The van der Waals surface area contributed by atoms with Crippen molar-refractivity contribution >= 4 is 10.0 Å². The van der Waals surface area contributed by atoms with Crippen LogP contribution in [0.4, 0.5) is 13.2 Å². The number of ether oxygens (including phenoxy) is 3. The third kappa shape index (κ3) is 4.63. The minimum atomic E-state index is -4.98. The monoisotopic (exact) mass is 381 g/mol. The Hall–Kier alpha value is -1.36. The summed E-state index contributed by atoms with van der Waals surface area (Å²) < 4.78 is 80.0. The van der Waals surface area contributed by atoms with Crippen LogP contribution in [0.15, 0.2) is 29.2 Å². The maximum atomic E-state index is 12.5. The number of rotatable bonds is 4. The third-order valence-corrected chi connectivity index (χ3v) is 5.72. The molecule has 1 aromatic carbocycles. The zero-order chi connectivity index (χ0) is 18.1. The molecule has 10 heteroatoms. The molecule has 0 radical (unpaired) electrons. The van der Waals surface area contributed by atoms with Crippen molar-refractivity contribution in [2.24, 2.45) is 0 Å². The molecule has 0 spiro atoms. The molecule has 1 saturated carbocycles. The Balaban J connectivity index is 1.74. The molecule has 25 heavy (non-hydrogen) atoms. The predicted octanol–water partition coefficient (Wildman–Crippen LogP) is 2.20. The van der Waals surface area contributed by atoms with Gasteiger partial charge in [0.1, 0.15) is 10.6 Å². The van der Waals surface area contributed by atoms with Gasteiger partial charge in [-0.05, 0) is 31.4 Å². The lowest BCUT2D eigenvalue weighted by molar-refractivity contribution is -0.275. The molecule has 3 rings (SSSR count). The van der Waals surface area contributed by atoms with E-state index in [1.54, 1.807) is 0 Å². The molecule has 1 aliphatic carbocycles. The lowest BCUT2D eigenvalue weighted by Crippen LogP contribution is -2.49. The topological polar surface area (TPSA) is 73.9 Å². The van der Waals surface area contributed by atoms with Crippen LogP contribution < -0.4 is 9.46 Å². The number of hydrogen-bond acceptors (Lipinski definition) is 5. The Morgan fingerprint density at radius 3 is 2.48 bits per heavy atom. The van der Waals surface area contributed by atoms with Crippen molar-refractivity contribution in [3.05, 3.63) is 24.3 Å². The predicted molar refractivity (Wildman–Crippen MR) is 80.6 cm³/mol. The summed E-state index contributed by atoms with van der Waals surface area (Å²) in [6.45, 7) is 0.961. The van der Waals surface area contributed by atoms with Gasteiger partial charge < -0.3 is 14.2 Å². The lowest BCUT2D eigenvalue weighted by atomic mass is 9.90. The van der Waals surface area contributed by atoms with Gasteiger partial charge >= 0.3 is 6.36 Å². The third-order valence-electron chi connectivity index (χ3n) is 4.16. The molecule has 3 atom stereocenters. The molecular formula is C15H18F3NO5S. The molecule has 2 fully saturated rings. The van der Waals surface area contributed by atoms with Crippen molar-refractivity contribution in [1.82, 2.24) is 4.72 Å². The number of halogens is 3. The molecule has 1 aliphatic heterocycles. The zero-order valence-electron chi connectivity index (χ0n) is 13.2. The zero-order valence-corrected chi connectivity index (χ0v) is 14.0. The van der Waals surface area contributed by atoms with Crippen LogP contribution in [0.3, 0.4) is 0 Å². The first-order valence-electron chi connectivity index (χ1n) is 7.85. The average Bonchev–Trinajstić information content (AvgIpc) is 2.53. The van der Waals surface area contributed by atoms with Crippen molar-refractivity contribution in [2.45, 2.75) is 48.8 Å². The molecule has 1 N–H and O–H groups in total. The molecule has 0 bridgehead atoms. The van der Waals surface area contributed by atoms with Gasteiger partial charge in [0.15, 0.2) is 0 Å². The highest BCUT2D eigenvalue weighted by Crippen LogP contribution is 2.31. The fourth-order valence-electron chi connectivity index (χ4n) is 3.14. The second kappa shape index (κ2) is 7.10. The van der Waals surface area contributed by atoms with Crippen molar-refractivity contribution in [1.29, 1.82) is 0 Å². The average molecular weight is 381 g/mol. The quantitative estimate of drug-likeness (QED) is 0.866. The van der Waals surface area contributed by atoms with Crippen molar-refractivity contribution in [2.75, 3.05) is 13.2 Å². The first-order chi connectivity index (χ1) is 11.7. The fraction of sp³-hybridized carbons (Fsp3) is 0.600. The van der Waals surface area contributed by atoms with E-state index in [1.807, 2.05) is 0 Å². The fourth-order valence-corrected chi connectivity index (χ4v) is 4.55.